The third-order valence-electron chi connectivity index (χ3n) is 4.67. The highest BCUT2D eigenvalue weighted by molar-refractivity contribution is 5.94. The van der Waals surface area contributed by atoms with Crippen LogP contribution in [0, 0.1) is 19.7 Å². The molecule has 130 valence electrons. The van der Waals surface area contributed by atoms with Crippen molar-refractivity contribution in [1.82, 2.24) is 9.47 Å². The van der Waals surface area contributed by atoms with Crippen LogP contribution in [-0.4, -0.2) is 29.0 Å². The second-order valence-corrected chi connectivity index (χ2v) is 6.30. The minimum absolute atomic E-state index is 0.00786. The third-order valence-corrected chi connectivity index (χ3v) is 4.67. The van der Waals surface area contributed by atoms with Crippen LogP contribution in [0.15, 0.2) is 24.3 Å². The molecule has 3 nitrogen and oxygen atoms in total. The first-order valence-electron chi connectivity index (χ1n) is 8.59. The zero-order valence-electron chi connectivity index (χ0n) is 15.3. The van der Waals surface area contributed by atoms with Crippen molar-refractivity contribution >= 4 is 5.91 Å². The first-order valence-corrected chi connectivity index (χ1v) is 8.59. The summed E-state index contributed by atoms with van der Waals surface area (Å²) >= 11 is 0. The summed E-state index contributed by atoms with van der Waals surface area (Å²) in [6.45, 7) is 9.24. The topological polar surface area (TPSA) is 25.2 Å². The van der Waals surface area contributed by atoms with Gasteiger partial charge < -0.3 is 9.47 Å². The van der Waals surface area contributed by atoms with Gasteiger partial charge in [0, 0.05) is 24.8 Å². The summed E-state index contributed by atoms with van der Waals surface area (Å²) < 4.78 is 16.1. The minimum atomic E-state index is -0.235. The van der Waals surface area contributed by atoms with E-state index in [1.807, 2.05) is 31.5 Å². The Labute approximate surface area is 144 Å². The Balaban J connectivity index is 2.53. The van der Waals surface area contributed by atoms with E-state index in [4.69, 9.17) is 0 Å². The first-order chi connectivity index (χ1) is 11.4. The Kier molecular flexibility index (Phi) is 5.81. The molecule has 2 rings (SSSR count). The molecule has 0 aliphatic rings. The normalized spacial score (nSPS) is 10.9. The molecule has 0 radical (unpaired) electrons. The van der Waals surface area contributed by atoms with E-state index in [2.05, 4.69) is 13.8 Å². The maximum Gasteiger partial charge on any atom is 0.270 e. The van der Waals surface area contributed by atoms with Crippen LogP contribution in [0.25, 0.3) is 0 Å². The molecule has 0 atom stereocenters. The van der Waals surface area contributed by atoms with Crippen molar-refractivity contribution in [3.63, 3.8) is 0 Å². The third kappa shape index (κ3) is 3.37. The van der Waals surface area contributed by atoms with E-state index in [0.717, 1.165) is 24.1 Å². The molecule has 0 N–H and O–H groups in total. The lowest BCUT2D eigenvalue weighted by Gasteiger charge is -2.19. The fourth-order valence-electron chi connectivity index (χ4n) is 3.36. The van der Waals surface area contributed by atoms with Crippen molar-refractivity contribution in [2.75, 3.05) is 13.6 Å². The number of carbonyl (C=O) groups excluding carboxylic acids is 1. The summed E-state index contributed by atoms with van der Waals surface area (Å²) in [5, 5.41) is 0. The molecular weight excluding hydrogens is 303 g/mol. The van der Waals surface area contributed by atoms with E-state index < -0.39 is 0 Å². The van der Waals surface area contributed by atoms with Crippen molar-refractivity contribution in [3.05, 3.63) is 58.2 Å². The van der Waals surface area contributed by atoms with Crippen LogP contribution in [-0.2, 0) is 13.0 Å². The Morgan fingerprint density at radius 1 is 1.21 bits per heavy atom. The summed E-state index contributed by atoms with van der Waals surface area (Å²) in [7, 11) is 1.83. The van der Waals surface area contributed by atoms with Crippen molar-refractivity contribution in [3.8, 4) is 0 Å². The van der Waals surface area contributed by atoms with E-state index in [1.165, 1.54) is 11.6 Å². The lowest BCUT2D eigenvalue weighted by atomic mass is 10.1. The molecular formula is C20H27FN2O. The molecule has 0 saturated heterocycles. The summed E-state index contributed by atoms with van der Waals surface area (Å²) in [5.41, 5.74) is 4.53. The lowest BCUT2D eigenvalue weighted by molar-refractivity contribution is 0.0784. The number of hydrogen-bond acceptors (Lipinski definition) is 1. The largest absolute Gasteiger partial charge is 0.340 e. The molecule has 0 unspecified atom stereocenters. The summed E-state index contributed by atoms with van der Waals surface area (Å²) in [4.78, 5) is 14.7. The highest BCUT2D eigenvalue weighted by atomic mass is 19.1. The molecule has 1 amide bonds. The number of rotatable bonds is 6. The van der Waals surface area contributed by atoms with Gasteiger partial charge in [0.25, 0.3) is 5.91 Å². The Bertz CT molecular complexity index is 733. The molecule has 0 aliphatic heterocycles. The van der Waals surface area contributed by atoms with Crippen LogP contribution >= 0.6 is 0 Å². The fraction of sp³-hybridized carbons (Fsp3) is 0.450. The predicted molar refractivity (Wildman–Crippen MR) is 96.0 cm³/mol. The number of amides is 1. The van der Waals surface area contributed by atoms with Gasteiger partial charge in [-0.15, -0.1) is 0 Å². The number of benzene rings is 1. The maximum atomic E-state index is 14.1. The number of carbonyl (C=O) groups is 1. The monoisotopic (exact) mass is 330 g/mol. The van der Waals surface area contributed by atoms with E-state index >= 15 is 0 Å². The Hall–Kier alpha value is -2.10. The van der Waals surface area contributed by atoms with Gasteiger partial charge in [-0.2, -0.15) is 0 Å². The minimum Gasteiger partial charge on any atom is -0.340 e. The van der Waals surface area contributed by atoms with E-state index in [1.54, 1.807) is 17.0 Å². The van der Waals surface area contributed by atoms with Crippen LogP contribution in [0.2, 0.25) is 0 Å². The molecule has 1 heterocycles. The van der Waals surface area contributed by atoms with Crippen LogP contribution in [0.3, 0.4) is 0 Å². The highest BCUT2D eigenvalue weighted by Crippen LogP contribution is 2.25. The van der Waals surface area contributed by atoms with Crippen LogP contribution in [0.4, 0.5) is 4.39 Å². The summed E-state index contributed by atoms with van der Waals surface area (Å²) in [6, 6.07) is 6.76. The fourth-order valence-corrected chi connectivity index (χ4v) is 3.36. The predicted octanol–water partition coefficient (Wildman–Crippen LogP) is 4.34. The molecule has 1 aromatic heterocycles. The quantitative estimate of drug-likeness (QED) is 0.773. The molecule has 0 bridgehead atoms. The zero-order valence-corrected chi connectivity index (χ0v) is 15.3. The number of hydrogen-bond donors (Lipinski definition) is 0. The molecule has 1 aromatic carbocycles. The van der Waals surface area contributed by atoms with Gasteiger partial charge in [0.15, 0.2) is 0 Å². The van der Waals surface area contributed by atoms with Crippen molar-refractivity contribution in [2.45, 2.75) is 47.1 Å². The molecule has 0 fully saturated rings. The SMILES string of the molecule is CCCN(C)C(=O)c1c(C)c(CC)c(C)n1Cc1ccccc1F. The van der Waals surface area contributed by atoms with Gasteiger partial charge in [0.2, 0.25) is 0 Å². The van der Waals surface area contributed by atoms with Gasteiger partial charge >= 0.3 is 0 Å². The second kappa shape index (κ2) is 7.65. The van der Waals surface area contributed by atoms with E-state index in [9.17, 15) is 9.18 Å². The molecule has 24 heavy (non-hydrogen) atoms. The average molecular weight is 330 g/mol. The smallest absolute Gasteiger partial charge is 0.270 e. The summed E-state index contributed by atoms with van der Waals surface area (Å²) in [5.74, 6) is -0.227. The number of halogens is 1. The Morgan fingerprint density at radius 2 is 1.88 bits per heavy atom. The molecule has 2 aromatic rings. The van der Waals surface area contributed by atoms with Gasteiger partial charge in [0.1, 0.15) is 11.5 Å². The highest BCUT2D eigenvalue weighted by Gasteiger charge is 2.24. The average Bonchev–Trinajstić information content (AvgIpc) is 2.79. The van der Waals surface area contributed by atoms with Crippen molar-refractivity contribution < 1.29 is 9.18 Å². The standard InChI is InChI=1S/C20H27FN2O/c1-6-12-22(5)20(24)19-14(3)17(7-2)15(4)23(19)13-16-10-8-9-11-18(16)21/h8-11H,6-7,12-13H2,1-5H3. The Morgan fingerprint density at radius 3 is 2.46 bits per heavy atom. The van der Waals surface area contributed by atoms with Gasteiger partial charge in [-0.05, 0) is 43.9 Å². The van der Waals surface area contributed by atoms with Crippen LogP contribution < -0.4 is 0 Å². The zero-order chi connectivity index (χ0) is 17.9. The molecule has 4 heteroatoms. The van der Waals surface area contributed by atoms with Gasteiger partial charge in [0.05, 0.1) is 6.54 Å². The van der Waals surface area contributed by atoms with Crippen LogP contribution in [0.5, 0.6) is 0 Å². The van der Waals surface area contributed by atoms with E-state index in [-0.39, 0.29) is 11.7 Å². The molecule has 0 aliphatic carbocycles. The lowest BCUT2D eigenvalue weighted by Crippen LogP contribution is -2.30. The molecule has 0 saturated carbocycles. The van der Waals surface area contributed by atoms with E-state index in [0.29, 0.717) is 24.3 Å². The van der Waals surface area contributed by atoms with Gasteiger partial charge in [-0.1, -0.05) is 32.0 Å². The van der Waals surface area contributed by atoms with Crippen LogP contribution in [0.1, 0.15) is 53.1 Å². The van der Waals surface area contributed by atoms with Crippen molar-refractivity contribution in [1.29, 1.82) is 0 Å². The first kappa shape index (κ1) is 18.2. The number of aromatic nitrogens is 1. The molecule has 0 spiro atoms. The maximum absolute atomic E-state index is 14.1. The van der Waals surface area contributed by atoms with Crippen molar-refractivity contribution in [2.24, 2.45) is 0 Å². The second-order valence-electron chi connectivity index (χ2n) is 6.30. The van der Waals surface area contributed by atoms with Gasteiger partial charge in [-0.3, -0.25) is 4.79 Å². The number of nitrogens with zero attached hydrogens (tertiary/aromatic N) is 2. The summed E-state index contributed by atoms with van der Waals surface area (Å²) in [6.07, 6.45) is 1.77. The van der Waals surface area contributed by atoms with Gasteiger partial charge in [-0.25, -0.2) is 4.39 Å².